The zero-order valence-electron chi connectivity index (χ0n) is 18.5. The summed E-state index contributed by atoms with van der Waals surface area (Å²) in [6.45, 7) is 1.87. The number of fused-ring (bicyclic) bond motifs is 2. The van der Waals surface area contributed by atoms with E-state index in [-0.39, 0.29) is 29.1 Å². The van der Waals surface area contributed by atoms with E-state index in [0.29, 0.717) is 29.0 Å². The number of nitrogens with zero attached hydrogens (tertiary/aromatic N) is 3. The molecule has 2 aliphatic rings. The normalized spacial score (nSPS) is 23.6. The van der Waals surface area contributed by atoms with Crippen LogP contribution in [-0.2, 0) is 16.8 Å². The van der Waals surface area contributed by atoms with Gasteiger partial charge in [-0.25, -0.2) is 13.8 Å². The molecule has 2 N–H and O–H groups in total. The van der Waals surface area contributed by atoms with Crippen molar-refractivity contribution in [2.45, 2.75) is 30.9 Å². The molecule has 0 radical (unpaired) electrons. The van der Waals surface area contributed by atoms with Gasteiger partial charge < -0.3 is 10.5 Å². The maximum Gasteiger partial charge on any atom is 0.261 e. The van der Waals surface area contributed by atoms with Crippen molar-refractivity contribution in [1.29, 1.82) is 0 Å². The highest BCUT2D eigenvalue weighted by Gasteiger charge is 2.57. The molecule has 2 aromatic carbocycles. The largest absolute Gasteiger partial charge is 0.485 e. The number of guanidine groups is 1. The second-order valence-electron chi connectivity index (χ2n) is 8.95. The molecule has 0 fully saturated rings. The number of carbonyl (C=O) groups excluding carboxylic acids is 1. The van der Waals surface area contributed by atoms with Gasteiger partial charge in [0.1, 0.15) is 23.0 Å². The Morgan fingerprint density at radius 1 is 1.15 bits per heavy atom. The highest BCUT2D eigenvalue weighted by atomic mass is 35.5. The van der Waals surface area contributed by atoms with Crippen LogP contribution in [0.15, 0.2) is 59.7 Å². The Morgan fingerprint density at radius 2 is 1.88 bits per heavy atom. The fraction of sp³-hybridized carbons (Fsp3) is 0.240. The lowest BCUT2D eigenvalue weighted by molar-refractivity contribution is -0.133. The van der Waals surface area contributed by atoms with Crippen molar-refractivity contribution in [1.82, 2.24) is 9.88 Å². The van der Waals surface area contributed by atoms with Gasteiger partial charge in [0.2, 0.25) is 0 Å². The van der Waals surface area contributed by atoms with Gasteiger partial charge in [-0.05, 0) is 48.9 Å². The van der Waals surface area contributed by atoms with Crippen LogP contribution in [-0.4, -0.2) is 34.4 Å². The van der Waals surface area contributed by atoms with Crippen LogP contribution in [0.25, 0.3) is 11.3 Å². The Balaban J connectivity index is 1.64. The van der Waals surface area contributed by atoms with Crippen LogP contribution in [0.4, 0.5) is 8.78 Å². The Labute approximate surface area is 200 Å². The highest BCUT2D eigenvalue weighted by Crippen LogP contribution is 2.50. The number of ether oxygens (including phenoxy) is 1. The fourth-order valence-electron chi connectivity index (χ4n) is 4.77. The lowest BCUT2D eigenvalue weighted by atomic mass is 9.75. The number of pyridine rings is 1. The monoisotopic (exact) mass is 482 g/mol. The number of nitrogens with two attached hydrogens (primary N) is 1. The standard InChI is InChI=1S/C25H21ClF2N4O2/c1-24(11-14-3-5-17(27)6-4-14)13-25(22(33)32(2)23(29)31-25)19-10-20(30-12-21(19)34-24)15-7-16(26)9-18(28)8-15/h3-10,12H,11,13H2,1-2H3,(H2,29,31)/t24-,25?/m0/s1. The number of amides is 1. The number of benzene rings is 2. The molecule has 5 rings (SSSR count). The molecule has 0 aliphatic carbocycles. The predicted octanol–water partition coefficient (Wildman–Crippen LogP) is 4.45. The molecule has 2 atom stereocenters. The molecule has 34 heavy (non-hydrogen) atoms. The minimum Gasteiger partial charge on any atom is -0.485 e. The van der Waals surface area contributed by atoms with Gasteiger partial charge in [0.05, 0.1) is 11.9 Å². The minimum atomic E-state index is -1.34. The number of aliphatic imine (C=N–C) groups is 1. The van der Waals surface area contributed by atoms with Crippen LogP contribution in [0.2, 0.25) is 5.02 Å². The zero-order valence-corrected chi connectivity index (χ0v) is 19.2. The number of aromatic nitrogens is 1. The molecular weight excluding hydrogens is 462 g/mol. The predicted molar refractivity (Wildman–Crippen MR) is 124 cm³/mol. The van der Waals surface area contributed by atoms with E-state index in [9.17, 15) is 13.6 Å². The van der Waals surface area contributed by atoms with Crippen LogP contribution in [0.3, 0.4) is 0 Å². The maximum atomic E-state index is 14.0. The van der Waals surface area contributed by atoms with Gasteiger partial charge in [-0.3, -0.25) is 14.7 Å². The van der Waals surface area contributed by atoms with E-state index in [4.69, 9.17) is 22.1 Å². The van der Waals surface area contributed by atoms with Gasteiger partial charge in [-0.15, -0.1) is 0 Å². The summed E-state index contributed by atoms with van der Waals surface area (Å²) in [6.07, 6.45) is 2.11. The third-order valence-corrected chi connectivity index (χ3v) is 6.47. The summed E-state index contributed by atoms with van der Waals surface area (Å²) >= 11 is 6.03. The number of likely N-dealkylation sites (N-methyl/N-ethyl adjacent to an activating group) is 1. The Morgan fingerprint density at radius 3 is 2.53 bits per heavy atom. The number of hydrogen-bond acceptors (Lipinski definition) is 5. The van der Waals surface area contributed by atoms with Crippen molar-refractivity contribution in [3.8, 4) is 17.0 Å². The van der Waals surface area contributed by atoms with Crippen molar-refractivity contribution in [3.05, 3.63) is 82.5 Å². The average Bonchev–Trinajstić information content (AvgIpc) is 2.98. The molecule has 1 unspecified atom stereocenters. The molecule has 0 saturated carbocycles. The molecule has 1 spiro atoms. The third-order valence-electron chi connectivity index (χ3n) is 6.26. The van der Waals surface area contributed by atoms with E-state index >= 15 is 0 Å². The Kier molecular flexibility index (Phi) is 5.09. The quantitative estimate of drug-likeness (QED) is 0.598. The fourth-order valence-corrected chi connectivity index (χ4v) is 4.99. The number of rotatable bonds is 3. The summed E-state index contributed by atoms with van der Waals surface area (Å²) in [5, 5.41) is 0.228. The zero-order chi connectivity index (χ0) is 24.3. The van der Waals surface area contributed by atoms with Crippen molar-refractivity contribution in [2.75, 3.05) is 7.05 Å². The summed E-state index contributed by atoms with van der Waals surface area (Å²) in [5.41, 5.74) is 6.08. The lowest BCUT2D eigenvalue weighted by Crippen LogP contribution is -2.51. The van der Waals surface area contributed by atoms with Gasteiger partial charge in [0.15, 0.2) is 11.5 Å². The van der Waals surface area contributed by atoms with Crippen molar-refractivity contribution < 1.29 is 18.3 Å². The molecule has 2 aliphatic heterocycles. The van der Waals surface area contributed by atoms with Crippen LogP contribution in [0.1, 0.15) is 24.5 Å². The van der Waals surface area contributed by atoms with E-state index in [2.05, 4.69) is 9.98 Å². The summed E-state index contributed by atoms with van der Waals surface area (Å²) in [5.74, 6) is -0.663. The molecule has 0 bridgehead atoms. The van der Waals surface area contributed by atoms with Crippen molar-refractivity contribution in [3.63, 3.8) is 0 Å². The molecule has 0 saturated heterocycles. The number of carbonyl (C=O) groups is 1. The molecule has 1 aromatic heterocycles. The number of hydrogen-bond donors (Lipinski definition) is 1. The molecule has 6 nitrogen and oxygen atoms in total. The van der Waals surface area contributed by atoms with Gasteiger partial charge in [0, 0.05) is 36.0 Å². The lowest BCUT2D eigenvalue weighted by Gasteiger charge is -2.43. The van der Waals surface area contributed by atoms with Crippen molar-refractivity contribution in [2.24, 2.45) is 10.7 Å². The Hall–Kier alpha value is -3.52. The number of halogens is 3. The van der Waals surface area contributed by atoms with Crippen LogP contribution in [0.5, 0.6) is 5.75 Å². The molecule has 174 valence electrons. The molecule has 1 amide bonds. The van der Waals surface area contributed by atoms with Crippen LogP contribution in [0, 0.1) is 11.6 Å². The average molecular weight is 483 g/mol. The van der Waals surface area contributed by atoms with Crippen molar-refractivity contribution >= 4 is 23.5 Å². The first-order valence-corrected chi connectivity index (χ1v) is 11.0. The highest BCUT2D eigenvalue weighted by molar-refractivity contribution is 6.30. The van der Waals surface area contributed by atoms with Gasteiger partial charge in [0.25, 0.3) is 5.91 Å². The van der Waals surface area contributed by atoms with E-state index in [1.165, 1.54) is 35.4 Å². The molecular formula is C25H21ClF2N4O2. The van der Waals surface area contributed by atoms with E-state index < -0.39 is 17.0 Å². The first-order chi connectivity index (χ1) is 16.1. The Bertz CT molecular complexity index is 1330. The molecule has 3 heterocycles. The first-order valence-electron chi connectivity index (χ1n) is 10.6. The minimum absolute atomic E-state index is 0.0918. The third kappa shape index (κ3) is 3.68. The summed E-state index contributed by atoms with van der Waals surface area (Å²) in [6, 6.07) is 11.9. The second-order valence-corrected chi connectivity index (χ2v) is 9.39. The second kappa shape index (κ2) is 7.77. The van der Waals surface area contributed by atoms with E-state index in [1.54, 1.807) is 31.3 Å². The smallest absolute Gasteiger partial charge is 0.261 e. The molecule has 9 heteroatoms. The molecule has 3 aromatic rings. The van der Waals surface area contributed by atoms with Crippen LogP contribution >= 0.6 is 11.6 Å². The first kappa shape index (κ1) is 22.3. The summed E-state index contributed by atoms with van der Waals surface area (Å²) in [4.78, 5) is 23.9. The topological polar surface area (TPSA) is 80.8 Å². The van der Waals surface area contributed by atoms with Gasteiger partial charge >= 0.3 is 0 Å². The van der Waals surface area contributed by atoms with E-state index in [0.717, 1.165) is 5.56 Å². The van der Waals surface area contributed by atoms with E-state index in [1.807, 2.05) is 6.92 Å². The summed E-state index contributed by atoms with van der Waals surface area (Å²) < 4.78 is 33.8. The van der Waals surface area contributed by atoms with Gasteiger partial charge in [-0.1, -0.05) is 23.7 Å². The summed E-state index contributed by atoms with van der Waals surface area (Å²) in [7, 11) is 1.57. The van der Waals surface area contributed by atoms with Crippen LogP contribution < -0.4 is 10.5 Å². The SMILES string of the molecule is CN1C(=O)C2(C[C@](C)(Cc3ccc(F)cc3)Oc3cnc(-c4cc(F)cc(Cl)c4)cc32)N=C1N. The van der Waals surface area contributed by atoms with Gasteiger partial charge in [-0.2, -0.15) is 0 Å². The maximum absolute atomic E-state index is 14.0.